The van der Waals surface area contributed by atoms with Gasteiger partial charge >= 0.3 is 0 Å². The molecule has 2 N–H and O–H groups in total. The van der Waals surface area contributed by atoms with Crippen molar-refractivity contribution in [1.29, 1.82) is 5.26 Å². The molecule has 0 heterocycles. The van der Waals surface area contributed by atoms with Gasteiger partial charge in [0.1, 0.15) is 5.75 Å². The Morgan fingerprint density at radius 2 is 1.76 bits per heavy atom. The summed E-state index contributed by atoms with van der Waals surface area (Å²) in [5.74, 6) is 0.273. The molecule has 4 nitrogen and oxygen atoms in total. The Morgan fingerprint density at radius 1 is 1.14 bits per heavy atom. The van der Waals surface area contributed by atoms with Gasteiger partial charge < -0.3 is 15.3 Å². The molecular formula is C17H19N3O. The van der Waals surface area contributed by atoms with E-state index in [4.69, 9.17) is 5.26 Å². The molecule has 0 saturated heterocycles. The number of hydrogen-bond donors (Lipinski definition) is 2. The molecule has 108 valence electrons. The van der Waals surface area contributed by atoms with E-state index in [1.165, 1.54) is 0 Å². The van der Waals surface area contributed by atoms with Crippen LogP contribution in [0.5, 0.6) is 5.75 Å². The van der Waals surface area contributed by atoms with Crippen molar-refractivity contribution in [2.24, 2.45) is 0 Å². The predicted molar refractivity (Wildman–Crippen MR) is 84.8 cm³/mol. The molecule has 0 aromatic heterocycles. The molecule has 0 fully saturated rings. The van der Waals surface area contributed by atoms with E-state index >= 15 is 0 Å². The molecule has 0 aliphatic rings. The lowest BCUT2D eigenvalue weighted by molar-refractivity contribution is 0.458. The van der Waals surface area contributed by atoms with Crippen LogP contribution in [0.2, 0.25) is 0 Å². The number of rotatable bonds is 4. The Kier molecular flexibility index (Phi) is 4.46. The van der Waals surface area contributed by atoms with Crippen LogP contribution in [0.3, 0.4) is 0 Å². The summed E-state index contributed by atoms with van der Waals surface area (Å²) < 4.78 is 0. The van der Waals surface area contributed by atoms with Crippen LogP contribution < -0.4 is 10.2 Å². The van der Waals surface area contributed by atoms with Crippen LogP contribution in [0.25, 0.3) is 0 Å². The molecule has 4 heteroatoms. The fraction of sp³-hybridized carbons (Fsp3) is 0.235. The Balaban J connectivity index is 2.29. The van der Waals surface area contributed by atoms with Crippen LogP contribution in [0, 0.1) is 11.3 Å². The molecule has 0 amide bonds. The molecule has 2 rings (SSSR count). The smallest absolute Gasteiger partial charge is 0.122 e. The van der Waals surface area contributed by atoms with Gasteiger partial charge in [0.05, 0.1) is 11.6 Å². The Hall–Kier alpha value is -2.51. The summed E-state index contributed by atoms with van der Waals surface area (Å²) >= 11 is 0. The standard InChI is InChI=1S/C17H19N3O/c1-12(19-2)16-9-8-15(10-17(16)21)20(3)14-6-4-13(11-18)5-7-14/h4-10,12,19,21H,1-3H3. The minimum atomic E-state index is 0.0965. The maximum atomic E-state index is 10.2. The SMILES string of the molecule is CNC(C)c1ccc(N(C)c2ccc(C#N)cc2)cc1O. The van der Waals surface area contributed by atoms with Gasteiger partial charge in [-0.25, -0.2) is 0 Å². The van der Waals surface area contributed by atoms with Crippen molar-refractivity contribution in [3.63, 3.8) is 0 Å². The summed E-state index contributed by atoms with van der Waals surface area (Å²) in [4.78, 5) is 1.97. The zero-order valence-corrected chi connectivity index (χ0v) is 12.5. The molecule has 21 heavy (non-hydrogen) atoms. The van der Waals surface area contributed by atoms with Crippen molar-refractivity contribution in [2.75, 3.05) is 19.0 Å². The number of aromatic hydroxyl groups is 1. The van der Waals surface area contributed by atoms with Crippen LogP contribution >= 0.6 is 0 Å². The van der Waals surface area contributed by atoms with Gasteiger partial charge in [0, 0.05) is 36.1 Å². The number of phenolic OH excluding ortho intramolecular Hbond substituents is 1. The van der Waals surface area contributed by atoms with Crippen molar-refractivity contribution in [3.8, 4) is 11.8 Å². The van der Waals surface area contributed by atoms with Crippen molar-refractivity contribution in [2.45, 2.75) is 13.0 Å². The number of benzene rings is 2. The second kappa shape index (κ2) is 6.29. The highest BCUT2D eigenvalue weighted by Crippen LogP contribution is 2.31. The van der Waals surface area contributed by atoms with E-state index in [9.17, 15) is 5.11 Å². The highest BCUT2D eigenvalue weighted by atomic mass is 16.3. The zero-order valence-electron chi connectivity index (χ0n) is 12.5. The molecular weight excluding hydrogens is 262 g/mol. The summed E-state index contributed by atoms with van der Waals surface area (Å²) in [5.41, 5.74) is 3.36. The number of nitriles is 1. The van der Waals surface area contributed by atoms with E-state index < -0.39 is 0 Å². The van der Waals surface area contributed by atoms with Gasteiger partial charge in [-0.05, 0) is 44.3 Å². The highest BCUT2D eigenvalue weighted by Gasteiger charge is 2.11. The number of nitrogens with one attached hydrogen (secondary N) is 1. The van der Waals surface area contributed by atoms with Gasteiger partial charge in [-0.2, -0.15) is 5.26 Å². The first kappa shape index (κ1) is 14.9. The Morgan fingerprint density at radius 3 is 2.29 bits per heavy atom. The average molecular weight is 281 g/mol. The van der Waals surface area contributed by atoms with Crippen LogP contribution in [-0.2, 0) is 0 Å². The third kappa shape index (κ3) is 3.15. The third-order valence-electron chi connectivity index (χ3n) is 3.68. The van der Waals surface area contributed by atoms with E-state index in [-0.39, 0.29) is 11.8 Å². The maximum absolute atomic E-state index is 10.2. The predicted octanol–water partition coefficient (Wildman–Crippen LogP) is 3.31. The molecule has 1 atom stereocenters. The van der Waals surface area contributed by atoms with Gasteiger partial charge in [0.15, 0.2) is 0 Å². The van der Waals surface area contributed by atoms with E-state index in [0.717, 1.165) is 16.9 Å². The zero-order chi connectivity index (χ0) is 15.4. The molecule has 0 aliphatic carbocycles. The Labute approximate surface area is 125 Å². The number of nitrogens with zero attached hydrogens (tertiary/aromatic N) is 2. The second-order valence-electron chi connectivity index (χ2n) is 4.97. The highest BCUT2D eigenvalue weighted by molar-refractivity contribution is 5.65. The fourth-order valence-corrected chi connectivity index (χ4v) is 2.17. The van der Waals surface area contributed by atoms with Crippen molar-refractivity contribution in [1.82, 2.24) is 5.32 Å². The molecule has 0 radical (unpaired) electrons. The summed E-state index contributed by atoms with van der Waals surface area (Å²) in [7, 11) is 3.79. The quantitative estimate of drug-likeness (QED) is 0.902. The first-order valence-corrected chi connectivity index (χ1v) is 6.81. The first-order valence-electron chi connectivity index (χ1n) is 6.81. The summed E-state index contributed by atoms with van der Waals surface area (Å²) in [5, 5.41) is 22.1. The van der Waals surface area contributed by atoms with Crippen molar-refractivity contribution < 1.29 is 5.11 Å². The molecule has 2 aromatic carbocycles. The van der Waals surface area contributed by atoms with Gasteiger partial charge in [0.2, 0.25) is 0 Å². The van der Waals surface area contributed by atoms with Crippen LogP contribution in [0.4, 0.5) is 11.4 Å². The third-order valence-corrected chi connectivity index (χ3v) is 3.68. The van der Waals surface area contributed by atoms with E-state index in [1.807, 2.05) is 50.2 Å². The van der Waals surface area contributed by atoms with E-state index in [1.54, 1.807) is 18.2 Å². The van der Waals surface area contributed by atoms with Crippen LogP contribution in [-0.4, -0.2) is 19.2 Å². The lowest BCUT2D eigenvalue weighted by Crippen LogP contribution is -2.13. The van der Waals surface area contributed by atoms with Crippen LogP contribution in [0.1, 0.15) is 24.1 Å². The van der Waals surface area contributed by atoms with Crippen molar-refractivity contribution >= 4 is 11.4 Å². The van der Waals surface area contributed by atoms with Gasteiger partial charge in [-0.1, -0.05) is 6.07 Å². The van der Waals surface area contributed by atoms with Gasteiger partial charge in [-0.3, -0.25) is 0 Å². The minimum Gasteiger partial charge on any atom is -0.508 e. The summed E-state index contributed by atoms with van der Waals surface area (Å²) in [6, 6.07) is 15.2. The molecule has 0 saturated carbocycles. The fourth-order valence-electron chi connectivity index (χ4n) is 2.17. The van der Waals surface area contributed by atoms with Crippen molar-refractivity contribution in [3.05, 3.63) is 53.6 Å². The molecule has 0 aliphatic heterocycles. The lowest BCUT2D eigenvalue weighted by atomic mass is 10.1. The second-order valence-corrected chi connectivity index (χ2v) is 4.97. The van der Waals surface area contributed by atoms with Crippen LogP contribution in [0.15, 0.2) is 42.5 Å². The topological polar surface area (TPSA) is 59.3 Å². The largest absolute Gasteiger partial charge is 0.508 e. The number of anilines is 2. The summed E-state index contributed by atoms with van der Waals surface area (Å²) in [6.07, 6.45) is 0. The molecule has 2 aromatic rings. The maximum Gasteiger partial charge on any atom is 0.122 e. The van der Waals surface area contributed by atoms with Gasteiger partial charge in [-0.15, -0.1) is 0 Å². The summed E-state index contributed by atoms with van der Waals surface area (Å²) in [6.45, 7) is 2.00. The first-order chi connectivity index (χ1) is 10.1. The molecule has 0 spiro atoms. The molecule has 0 bridgehead atoms. The number of phenols is 1. The van der Waals surface area contributed by atoms with E-state index in [0.29, 0.717) is 5.56 Å². The number of hydrogen-bond acceptors (Lipinski definition) is 4. The molecule has 1 unspecified atom stereocenters. The van der Waals surface area contributed by atoms with Gasteiger partial charge in [0.25, 0.3) is 0 Å². The minimum absolute atomic E-state index is 0.0965. The lowest BCUT2D eigenvalue weighted by Gasteiger charge is -2.21. The average Bonchev–Trinajstić information content (AvgIpc) is 2.53. The normalized spacial score (nSPS) is 11.7. The van der Waals surface area contributed by atoms with E-state index in [2.05, 4.69) is 11.4 Å². The Bertz CT molecular complexity index is 659. The monoisotopic (exact) mass is 281 g/mol.